The maximum atomic E-state index is 12.0. The molecule has 0 unspecified atom stereocenters. The lowest BCUT2D eigenvalue weighted by atomic mass is 9.98. The Morgan fingerprint density at radius 1 is 1.26 bits per heavy atom. The number of thiocarbonyl (C=S) groups is 1. The smallest absolute Gasteiger partial charge is 0.292 e. The van der Waals surface area contributed by atoms with Crippen LogP contribution in [0.15, 0.2) is 42.5 Å². The van der Waals surface area contributed by atoms with Gasteiger partial charge in [0.05, 0.1) is 4.92 Å². The molecule has 0 aliphatic rings. The molecule has 0 bridgehead atoms. The van der Waals surface area contributed by atoms with Crippen LogP contribution >= 0.6 is 12.2 Å². The van der Waals surface area contributed by atoms with E-state index in [1.807, 2.05) is 25.1 Å². The van der Waals surface area contributed by atoms with Crippen molar-refractivity contribution in [3.8, 4) is 5.75 Å². The van der Waals surface area contributed by atoms with Gasteiger partial charge in [-0.1, -0.05) is 32.0 Å². The van der Waals surface area contributed by atoms with E-state index in [0.29, 0.717) is 11.7 Å². The van der Waals surface area contributed by atoms with E-state index in [1.54, 1.807) is 12.1 Å². The third-order valence-electron chi connectivity index (χ3n) is 3.84. The number of carbonyl (C=O) groups excluding carboxylic acids is 1. The fourth-order valence-electron chi connectivity index (χ4n) is 2.59. The molecule has 2 aromatic rings. The summed E-state index contributed by atoms with van der Waals surface area (Å²) in [6.07, 6.45) is 0. The summed E-state index contributed by atoms with van der Waals surface area (Å²) in [5.41, 5.74) is 2.39. The van der Waals surface area contributed by atoms with E-state index in [-0.39, 0.29) is 23.1 Å². The van der Waals surface area contributed by atoms with Gasteiger partial charge in [0.15, 0.2) is 11.7 Å². The SMILES string of the molecule is Cc1cc(OCC(=O)NC(=S)Nc2ccccc2[N+](=O)[O-])ccc1C(C)C. The van der Waals surface area contributed by atoms with E-state index >= 15 is 0 Å². The Bertz CT molecular complexity index is 868. The summed E-state index contributed by atoms with van der Waals surface area (Å²) in [7, 11) is 0. The average Bonchev–Trinajstić information content (AvgIpc) is 2.59. The lowest BCUT2D eigenvalue weighted by Gasteiger charge is -2.13. The van der Waals surface area contributed by atoms with Crippen LogP contribution in [0.1, 0.15) is 30.9 Å². The Balaban J connectivity index is 1.90. The first kappa shape index (κ1) is 20.3. The van der Waals surface area contributed by atoms with Gasteiger partial charge in [0.25, 0.3) is 11.6 Å². The van der Waals surface area contributed by atoms with Crippen LogP contribution in [0.25, 0.3) is 0 Å². The molecule has 27 heavy (non-hydrogen) atoms. The summed E-state index contributed by atoms with van der Waals surface area (Å²) in [6.45, 7) is 6.00. The maximum Gasteiger partial charge on any atom is 0.292 e. The molecule has 2 N–H and O–H groups in total. The molecule has 0 atom stereocenters. The van der Waals surface area contributed by atoms with Crippen LogP contribution in [0.5, 0.6) is 5.75 Å². The number of anilines is 1. The van der Waals surface area contributed by atoms with Gasteiger partial charge < -0.3 is 10.1 Å². The number of para-hydroxylation sites is 2. The molecular formula is C19H21N3O4S. The van der Waals surface area contributed by atoms with Crippen LogP contribution in [0.2, 0.25) is 0 Å². The highest BCUT2D eigenvalue weighted by Crippen LogP contribution is 2.24. The van der Waals surface area contributed by atoms with Crippen molar-refractivity contribution < 1.29 is 14.5 Å². The second kappa shape index (κ2) is 9.09. The number of rotatable bonds is 6. The highest BCUT2D eigenvalue weighted by molar-refractivity contribution is 7.80. The zero-order valence-corrected chi connectivity index (χ0v) is 16.1. The van der Waals surface area contributed by atoms with E-state index in [0.717, 1.165) is 5.56 Å². The summed E-state index contributed by atoms with van der Waals surface area (Å²) >= 11 is 5.03. The Hall–Kier alpha value is -3.00. The molecule has 8 heteroatoms. The van der Waals surface area contributed by atoms with Gasteiger partial charge in [0, 0.05) is 6.07 Å². The first-order valence-electron chi connectivity index (χ1n) is 8.35. The standard InChI is InChI=1S/C19H21N3O4S/c1-12(2)15-9-8-14(10-13(15)3)26-11-18(23)21-19(27)20-16-6-4-5-7-17(16)22(24)25/h4-10,12H,11H2,1-3H3,(H2,20,21,23,27). The Labute approximate surface area is 162 Å². The number of benzene rings is 2. The predicted molar refractivity (Wildman–Crippen MR) is 108 cm³/mol. The Morgan fingerprint density at radius 3 is 2.59 bits per heavy atom. The third kappa shape index (κ3) is 5.75. The Kier molecular flexibility index (Phi) is 6.84. The minimum atomic E-state index is -0.529. The molecule has 142 valence electrons. The number of hydrogen-bond donors (Lipinski definition) is 2. The molecule has 0 saturated carbocycles. The number of nitro groups is 1. The van der Waals surface area contributed by atoms with Crippen molar-refractivity contribution in [1.82, 2.24) is 5.32 Å². The van der Waals surface area contributed by atoms with Crippen LogP contribution in [-0.4, -0.2) is 22.5 Å². The monoisotopic (exact) mass is 387 g/mol. The minimum absolute atomic E-state index is 0.0377. The van der Waals surface area contributed by atoms with Crippen molar-refractivity contribution in [3.63, 3.8) is 0 Å². The molecule has 0 aliphatic heterocycles. The van der Waals surface area contributed by atoms with Gasteiger partial charge in [-0.25, -0.2) is 0 Å². The van der Waals surface area contributed by atoms with E-state index in [2.05, 4.69) is 24.5 Å². The highest BCUT2D eigenvalue weighted by atomic mass is 32.1. The van der Waals surface area contributed by atoms with Crippen LogP contribution < -0.4 is 15.4 Å². The summed E-state index contributed by atoms with van der Waals surface area (Å²) in [5, 5.41) is 16.1. The number of amides is 1. The van der Waals surface area contributed by atoms with Gasteiger partial charge in [-0.2, -0.15) is 0 Å². The predicted octanol–water partition coefficient (Wildman–Crippen LogP) is 3.92. The first-order chi connectivity index (χ1) is 12.8. The fraction of sp³-hybridized carbons (Fsp3) is 0.263. The van der Waals surface area contributed by atoms with Crippen molar-refractivity contribution in [2.45, 2.75) is 26.7 Å². The van der Waals surface area contributed by atoms with Crippen molar-refractivity contribution in [2.24, 2.45) is 0 Å². The van der Waals surface area contributed by atoms with E-state index in [9.17, 15) is 14.9 Å². The molecule has 0 spiro atoms. The van der Waals surface area contributed by atoms with Crippen molar-refractivity contribution >= 4 is 34.6 Å². The van der Waals surface area contributed by atoms with Gasteiger partial charge in [-0.05, 0) is 54.4 Å². The first-order valence-corrected chi connectivity index (χ1v) is 8.76. The number of carbonyl (C=O) groups is 1. The third-order valence-corrected chi connectivity index (χ3v) is 4.04. The number of nitro benzene ring substituents is 1. The van der Waals surface area contributed by atoms with E-state index < -0.39 is 10.8 Å². The fourth-order valence-corrected chi connectivity index (χ4v) is 2.81. The molecule has 2 aromatic carbocycles. The average molecular weight is 387 g/mol. The molecule has 0 heterocycles. The molecule has 0 saturated heterocycles. The summed E-state index contributed by atoms with van der Waals surface area (Å²) in [4.78, 5) is 22.5. The summed E-state index contributed by atoms with van der Waals surface area (Å²) < 4.78 is 5.49. The number of nitrogens with one attached hydrogen (secondary N) is 2. The number of ether oxygens (including phenoxy) is 1. The van der Waals surface area contributed by atoms with Crippen LogP contribution in [0.4, 0.5) is 11.4 Å². The van der Waals surface area contributed by atoms with E-state index in [4.69, 9.17) is 17.0 Å². The molecule has 0 fully saturated rings. The second-order valence-electron chi connectivity index (χ2n) is 6.24. The Morgan fingerprint density at radius 2 is 1.96 bits per heavy atom. The molecule has 0 aliphatic carbocycles. The van der Waals surface area contributed by atoms with Crippen molar-refractivity contribution in [2.75, 3.05) is 11.9 Å². The topological polar surface area (TPSA) is 93.5 Å². The van der Waals surface area contributed by atoms with Gasteiger partial charge in [0.2, 0.25) is 0 Å². The molecule has 7 nitrogen and oxygen atoms in total. The second-order valence-corrected chi connectivity index (χ2v) is 6.65. The number of hydrogen-bond acceptors (Lipinski definition) is 5. The van der Waals surface area contributed by atoms with Gasteiger partial charge in [-0.15, -0.1) is 0 Å². The highest BCUT2D eigenvalue weighted by Gasteiger charge is 2.14. The zero-order chi connectivity index (χ0) is 20.0. The largest absolute Gasteiger partial charge is 0.484 e. The molecule has 0 aromatic heterocycles. The van der Waals surface area contributed by atoms with Crippen LogP contribution in [0.3, 0.4) is 0 Å². The molecule has 2 rings (SSSR count). The molecule has 1 amide bonds. The van der Waals surface area contributed by atoms with Crippen LogP contribution in [-0.2, 0) is 4.79 Å². The lowest BCUT2D eigenvalue weighted by molar-refractivity contribution is -0.383. The number of aryl methyl sites for hydroxylation is 1. The summed E-state index contributed by atoms with van der Waals surface area (Å²) in [5.74, 6) is 0.536. The van der Waals surface area contributed by atoms with Crippen molar-refractivity contribution in [3.05, 3.63) is 63.7 Å². The van der Waals surface area contributed by atoms with Crippen LogP contribution in [0, 0.1) is 17.0 Å². The van der Waals surface area contributed by atoms with Crippen molar-refractivity contribution in [1.29, 1.82) is 0 Å². The zero-order valence-electron chi connectivity index (χ0n) is 15.3. The van der Waals surface area contributed by atoms with Gasteiger partial charge in [-0.3, -0.25) is 20.2 Å². The minimum Gasteiger partial charge on any atom is -0.484 e. The quantitative estimate of drug-likeness (QED) is 0.443. The summed E-state index contributed by atoms with van der Waals surface area (Å²) in [6, 6.07) is 11.7. The number of nitrogens with zero attached hydrogens (tertiary/aromatic N) is 1. The molecule has 0 radical (unpaired) electrons. The lowest BCUT2D eigenvalue weighted by Crippen LogP contribution is -2.37. The normalized spacial score (nSPS) is 10.4. The van der Waals surface area contributed by atoms with Gasteiger partial charge >= 0.3 is 0 Å². The van der Waals surface area contributed by atoms with Gasteiger partial charge in [0.1, 0.15) is 11.4 Å². The molecular weight excluding hydrogens is 366 g/mol. The maximum absolute atomic E-state index is 12.0. The van der Waals surface area contributed by atoms with E-state index in [1.165, 1.54) is 17.7 Å².